The molecule has 0 rings (SSSR count). The molecule has 0 aromatic heterocycles. The summed E-state index contributed by atoms with van der Waals surface area (Å²) in [5.74, 6) is -0.503. The second-order valence-electron chi connectivity index (χ2n) is 24.0. The van der Waals surface area contributed by atoms with Crippen molar-refractivity contribution in [1.29, 1.82) is 0 Å². The van der Waals surface area contributed by atoms with Gasteiger partial charge in [0.2, 0.25) is 5.91 Å². The first-order valence-electron chi connectivity index (χ1n) is 33.6. The highest BCUT2D eigenvalue weighted by molar-refractivity contribution is 7.47. The van der Waals surface area contributed by atoms with Gasteiger partial charge in [-0.2, -0.15) is 0 Å². The topological polar surface area (TPSA) is 111 Å². The third kappa shape index (κ3) is 60.1. The van der Waals surface area contributed by atoms with Gasteiger partial charge in [-0.15, -0.1) is 0 Å². The fourth-order valence-corrected chi connectivity index (χ4v) is 10.4. The van der Waals surface area contributed by atoms with Gasteiger partial charge < -0.3 is 19.4 Å². The molecule has 0 aromatic carbocycles. The zero-order valence-corrected chi connectivity index (χ0v) is 53.8. The largest absolute Gasteiger partial charge is 0.472 e. The summed E-state index contributed by atoms with van der Waals surface area (Å²) in [6.45, 7) is 6.99. The molecule has 79 heavy (non-hydrogen) atoms. The lowest BCUT2D eigenvalue weighted by Gasteiger charge is -2.27. The quantitative estimate of drug-likeness (QED) is 0.0205. The van der Waals surface area contributed by atoms with E-state index in [1.807, 2.05) is 33.3 Å². The summed E-state index contributed by atoms with van der Waals surface area (Å²) in [6.07, 6.45) is 75.1. The van der Waals surface area contributed by atoms with Gasteiger partial charge in [0.25, 0.3) is 0 Å². The molecule has 3 unspecified atom stereocenters. The lowest BCUT2D eigenvalue weighted by Crippen LogP contribution is -2.47. The van der Waals surface area contributed by atoms with Gasteiger partial charge in [0, 0.05) is 12.8 Å². The number of amides is 1. The van der Waals surface area contributed by atoms with Crippen molar-refractivity contribution in [3.05, 3.63) is 60.8 Å². The van der Waals surface area contributed by atoms with Crippen LogP contribution in [0.15, 0.2) is 60.8 Å². The average Bonchev–Trinajstić information content (AvgIpc) is 3.41. The summed E-state index contributed by atoms with van der Waals surface area (Å²) in [5, 5.41) is 3.06. The minimum Gasteiger partial charge on any atom is -0.456 e. The number of likely N-dealkylation sites (N-methyl/N-ethyl adjacent to an activating group) is 1. The van der Waals surface area contributed by atoms with Crippen LogP contribution in [0, 0.1) is 0 Å². The van der Waals surface area contributed by atoms with Gasteiger partial charge in [-0.05, 0) is 96.0 Å². The summed E-state index contributed by atoms with van der Waals surface area (Å²) in [7, 11) is 1.50. The van der Waals surface area contributed by atoms with E-state index in [0.717, 1.165) is 83.5 Å². The molecule has 0 aliphatic heterocycles. The molecule has 0 aliphatic rings. The number of phosphoric acid groups is 1. The van der Waals surface area contributed by atoms with Crippen LogP contribution in [-0.2, 0) is 27.9 Å². The van der Waals surface area contributed by atoms with E-state index in [1.165, 1.54) is 199 Å². The molecule has 0 aromatic rings. The first-order chi connectivity index (χ1) is 38.4. The number of nitrogens with one attached hydrogen (secondary N) is 1. The second kappa shape index (κ2) is 58.9. The van der Waals surface area contributed by atoms with E-state index >= 15 is 0 Å². The molecule has 10 heteroatoms. The number of quaternary nitrogens is 1. The summed E-state index contributed by atoms with van der Waals surface area (Å²) in [4.78, 5) is 37.7. The van der Waals surface area contributed by atoms with Gasteiger partial charge in [-0.1, -0.05) is 268 Å². The Hall–Kier alpha value is -2.29. The van der Waals surface area contributed by atoms with Gasteiger partial charge >= 0.3 is 13.8 Å². The Morgan fingerprint density at radius 1 is 0.443 bits per heavy atom. The van der Waals surface area contributed by atoms with Gasteiger partial charge in [-0.25, -0.2) is 4.57 Å². The van der Waals surface area contributed by atoms with Crippen molar-refractivity contribution in [2.75, 3.05) is 40.9 Å². The first-order valence-corrected chi connectivity index (χ1v) is 35.1. The Morgan fingerprint density at radius 2 is 0.772 bits per heavy atom. The second-order valence-corrected chi connectivity index (χ2v) is 25.4. The molecule has 462 valence electrons. The monoisotopic (exact) mass is 1130 g/mol. The van der Waals surface area contributed by atoms with Crippen LogP contribution in [0.5, 0.6) is 0 Å². The Labute approximate surface area is 490 Å². The summed E-state index contributed by atoms with van der Waals surface area (Å²) < 4.78 is 30.7. The van der Waals surface area contributed by atoms with E-state index in [2.05, 4.69) is 74.7 Å². The van der Waals surface area contributed by atoms with Crippen LogP contribution in [0.1, 0.15) is 316 Å². The number of rotatable bonds is 61. The van der Waals surface area contributed by atoms with Crippen molar-refractivity contribution in [2.45, 2.75) is 328 Å². The van der Waals surface area contributed by atoms with Crippen molar-refractivity contribution in [1.82, 2.24) is 5.32 Å². The molecule has 0 bridgehead atoms. The molecule has 3 atom stereocenters. The molecule has 0 heterocycles. The van der Waals surface area contributed by atoms with Gasteiger partial charge in [-0.3, -0.25) is 18.6 Å². The van der Waals surface area contributed by atoms with E-state index in [1.54, 1.807) is 0 Å². The number of phosphoric ester groups is 1. The fourth-order valence-electron chi connectivity index (χ4n) is 9.71. The van der Waals surface area contributed by atoms with E-state index in [-0.39, 0.29) is 25.1 Å². The average molecular weight is 1130 g/mol. The lowest BCUT2D eigenvalue weighted by atomic mass is 10.0. The van der Waals surface area contributed by atoms with E-state index in [0.29, 0.717) is 23.9 Å². The number of hydrogen-bond acceptors (Lipinski definition) is 6. The number of carbonyl (C=O) groups is 2. The first kappa shape index (κ1) is 76.7. The van der Waals surface area contributed by atoms with Crippen LogP contribution in [0.3, 0.4) is 0 Å². The summed E-state index contributed by atoms with van der Waals surface area (Å²) in [5.41, 5.74) is 0. The van der Waals surface area contributed by atoms with Gasteiger partial charge in [0.05, 0.1) is 33.8 Å². The zero-order chi connectivity index (χ0) is 57.9. The molecule has 0 aliphatic carbocycles. The molecule has 0 saturated carbocycles. The predicted molar refractivity (Wildman–Crippen MR) is 342 cm³/mol. The standard InChI is InChI=1S/C69H129N2O7P/c1-7-10-13-16-19-22-25-27-29-30-31-32-33-34-35-36-37-38-39-40-42-44-47-50-53-56-59-62-69(73)78-67(60-57-54-51-48-45-24-21-18-15-12-9-3)66(65-77-79(74,75)76-64-63-71(4,5)6)70-68(72)61-58-55-52-49-46-43-41-28-26-23-20-17-14-11-8-2/h19,22-23,26-27,29,31-32,57,60,66-67H,7-18,20-21,24-25,28,30,33-56,58-59,61-65H2,1-6H3,(H-,70,72,74,75)/p+1/b22-19-,26-23-,29-27-,32-31-,60-57-. The highest BCUT2D eigenvalue weighted by atomic mass is 31.2. The number of ether oxygens (including phenoxy) is 1. The maximum atomic E-state index is 13.5. The van der Waals surface area contributed by atoms with Crippen LogP contribution in [0.25, 0.3) is 0 Å². The van der Waals surface area contributed by atoms with Gasteiger partial charge in [0.15, 0.2) is 0 Å². The predicted octanol–water partition coefficient (Wildman–Crippen LogP) is 21.0. The van der Waals surface area contributed by atoms with Gasteiger partial charge in [0.1, 0.15) is 19.3 Å². The molecule has 0 fully saturated rings. The maximum Gasteiger partial charge on any atom is 0.472 e. The summed E-state index contributed by atoms with van der Waals surface area (Å²) in [6, 6.07) is -0.850. The molecule has 0 radical (unpaired) electrons. The van der Waals surface area contributed by atoms with Crippen molar-refractivity contribution >= 4 is 19.7 Å². The van der Waals surface area contributed by atoms with Crippen molar-refractivity contribution in [3.63, 3.8) is 0 Å². The van der Waals surface area contributed by atoms with Crippen LogP contribution >= 0.6 is 7.82 Å². The maximum absolute atomic E-state index is 13.5. The zero-order valence-electron chi connectivity index (χ0n) is 52.9. The molecular weight excluding hydrogens is 1000 g/mol. The Bertz CT molecular complexity index is 1540. The van der Waals surface area contributed by atoms with E-state index in [9.17, 15) is 19.0 Å². The molecule has 1 amide bonds. The minimum atomic E-state index is -4.45. The lowest BCUT2D eigenvalue weighted by molar-refractivity contribution is -0.870. The summed E-state index contributed by atoms with van der Waals surface area (Å²) >= 11 is 0. The molecule has 0 spiro atoms. The van der Waals surface area contributed by atoms with Crippen molar-refractivity contribution < 1.29 is 37.3 Å². The van der Waals surface area contributed by atoms with Crippen LogP contribution in [-0.4, -0.2) is 74.3 Å². The molecular formula is C69H130N2O7P+. The highest BCUT2D eigenvalue weighted by Gasteiger charge is 2.30. The van der Waals surface area contributed by atoms with Crippen LogP contribution < -0.4 is 5.32 Å². The third-order valence-electron chi connectivity index (χ3n) is 14.9. The van der Waals surface area contributed by atoms with E-state index < -0.39 is 20.0 Å². The highest BCUT2D eigenvalue weighted by Crippen LogP contribution is 2.43. The molecule has 9 nitrogen and oxygen atoms in total. The van der Waals surface area contributed by atoms with Crippen molar-refractivity contribution in [2.24, 2.45) is 0 Å². The number of carbonyl (C=O) groups excluding carboxylic acids is 2. The fraction of sp³-hybridized carbons (Fsp3) is 0.826. The number of allylic oxidation sites excluding steroid dienone is 9. The van der Waals surface area contributed by atoms with Crippen molar-refractivity contribution in [3.8, 4) is 0 Å². The normalized spacial score (nSPS) is 14.0. The third-order valence-corrected chi connectivity index (χ3v) is 15.9. The number of unbranched alkanes of at least 4 members (excludes halogenated alkanes) is 37. The van der Waals surface area contributed by atoms with E-state index in [4.69, 9.17) is 13.8 Å². The van der Waals surface area contributed by atoms with Crippen LogP contribution in [0.2, 0.25) is 0 Å². The Kier molecular flexibility index (Phi) is 57.2. The minimum absolute atomic E-state index is 0.0394. The SMILES string of the molecule is CCCCC/C=C\C/C=C\C/C=C\CCCCCCCCCCCCCCCCC(=O)OC(/C=C\CCCCCCCCCCC)C(COP(=O)(O)OCC[N+](C)(C)C)NC(=O)CCCCCCCCC/C=C\CCCCCC. The number of nitrogens with zero attached hydrogens (tertiary/aromatic N) is 1. The number of hydrogen-bond donors (Lipinski definition) is 2. The molecule has 2 N–H and O–H groups in total. The van der Waals surface area contributed by atoms with Crippen LogP contribution in [0.4, 0.5) is 0 Å². The number of esters is 1. The smallest absolute Gasteiger partial charge is 0.456 e. The molecule has 0 saturated heterocycles. The Balaban J connectivity index is 5.00. The Morgan fingerprint density at radius 3 is 1.20 bits per heavy atom.